The molecule has 66 heavy (non-hydrogen) atoms. The minimum Gasteiger partial charge on any atom is -0.481 e. The Balaban J connectivity index is 1.35. The zero-order chi connectivity index (χ0) is 47.6. The lowest BCUT2D eigenvalue weighted by molar-refractivity contribution is -0.139. The summed E-state index contributed by atoms with van der Waals surface area (Å²) in [5, 5.41) is 28.4. The highest BCUT2D eigenvalue weighted by molar-refractivity contribution is 5.91. The van der Waals surface area contributed by atoms with Crippen molar-refractivity contribution in [1.29, 1.82) is 0 Å². The normalized spacial score (nSPS) is 14.4. The van der Waals surface area contributed by atoms with Crippen LogP contribution in [0.25, 0.3) is 0 Å². The fourth-order valence-electron chi connectivity index (χ4n) is 7.28. The first-order chi connectivity index (χ1) is 31.7. The van der Waals surface area contributed by atoms with Gasteiger partial charge in [0.15, 0.2) is 0 Å². The van der Waals surface area contributed by atoms with Gasteiger partial charge in [-0.2, -0.15) is 0 Å². The van der Waals surface area contributed by atoms with E-state index in [2.05, 4.69) is 21.3 Å². The van der Waals surface area contributed by atoms with E-state index >= 15 is 0 Å². The number of allylic oxidation sites excluding steroid dienone is 4. The molecule has 344 valence electrons. The summed E-state index contributed by atoms with van der Waals surface area (Å²) in [6, 6.07) is 20.3. The van der Waals surface area contributed by atoms with E-state index in [1.807, 2.05) is 60.7 Å². The lowest BCUT2D eigenvalue weighted by atomic mass is 9.90. The van der Waals surface area contributed by atoms with Gasteiger partial charge in [0.05, 0.1) is 24.9 Å². The number of nitrogens with one attached hydrogen (secondary N) is 4. The molecule has 4 amide bonds. The number of carbonyl (C=O) groups is 8. The van der Waals surface area contributed by atoms with Gasteiger partial charge in [-0.3, -0.25) is 38.4 Å². The average molecular weight is 903 g/mol. The zero-order valence-electron chi connectivity index (χ0n) is 35.8. The molecule has 4 aromatic rings. The van der Waals surface area contributed by atoms with Crippen molar-refractivity contribution in [1.82, 2.24) is 19.8 Å². The van der Waals surface area contributed by atoms with E-state index in [9.17, 15) is 53.1 Å². The lowest BCUT2D eigenvalue weighted by Gasteiger charge is -2.24. The van der Waals surface area contributed by atoms with Gasteiger partial charge in [0, 0.05) is 31.2 Å². The standard InChI is InChI=1S/C48H50N6O12/c55-29-35(26-44(60)61)49-43(59)28-54-37(19-20-39(48(54)66)52-42(58)22-18-32-10-5-2-6-11-32)24-33-13-15-34(16-14-33)25-40(46(64)50-36(30-56)27-45(62)63)53-23-7-12-38(47(53)65)51-41(57)21-17-31-8-3-1-4-9-31/h1-13,15-16,19-20,23,29-30,33,35-36,40H,14,17-18,21-22,24-28H2,(H,49,59)(H,50,64)(H,51,57)(H,52,58)(H,60,61)(H,62,63)/t33?,35-,36-,40-/m0/s1. The minimum atomic E-state index is -1.40. The smallest absolute Gasteiger partial charge is 0.305 e. The van der Waals surface area contributed by atoms with Gasteiger partial charge in [0.25, 0.3) is 11.1 Å². The molecule has 0 spiro atoms. The molecule has 6 N–H and O–H groups in total. The predicted molar refractivity (Wildman–Crippen MR) is 241 cm³/mol. The zero-order valence-corrected chi connectivity index (χ0v) is 35.8. The number of rotatable bonds is 24. The maximum atomic E-state index is 13.9. The van der Waals surface area contributed by atoms with Gasteiger partial charge in [-0.15, -0.1) is 0 Å². The van der Waals surface area contributed by atoms with Crippen LogP contribution in [0.4, 0.5) is 11.4 Å². The summed E-state index contributed by atoms with van der Waals surface area (Å²) in [6.07, 6.45) is 7.24. The van der Waals surface area contributed by atoms with Gasteiger partial charge in [-0.25, -0.2) is 0 Å². The van der Waals surface area contributed by atoms with Crippen molar-refractivity contribution in [2.75, 3.05) is 10.6 Å². The summed E-state index contributed by atoms with van der Waals surface area (Å²) >= 11 is 0. The maximum Gasteiger partial charge on any atom is 0.305 e. The molecule has 18 nitrogen and oxygen atoms in total. The Bertz CT molecular complexity index is 2600. The second-order valence-electron chi connectivity index (χ2n) is 15.6. The number of aromatic nitrogens is 2. The van der Waals surface area contributed by atoms with Crippen molar-refractivity contribution >= 4 is 59.5 Å². The fraction of sp³-hybridized carbons (Fsp3) is 0.292. The van der Waals surface area contributed by atoms with Crippen molar-refractivity contribution in [3.8, 4) is 0 Å². The summed E-state index contributed by atoms with van der Waals surface area (Å²) in [5.74, 6) is -5.47. The van der Waals surface area contributed by atoms with Crippen molar-refractivity contribution < 1.29 is 48.6 Å². The number of hydrogen-bond acceptors (Lipinski definition) is 10. The first kappa shape index (κ1) is 49.0. The van der Waals surface area contributed by atoms with Crippen LogP contribution in [0.1, 0.15) is 61.4 Å². The molecule has 1 aliphatic rings. The third kappa shape index (κ3) is 14.8. The summed E-state index contributed by atoms with van der Waals surface area (Å²) in [4.78, 5) is 126. The molecule has 1 unspecified atom stereocenters. The van der Waals surface area contributed by atoms with Crippen LogP contribution < -0.4 is 32.4 Å². The Morgan fingerprint density at radius 2 is 1.24 bits per heavy atom. The predicted octanol–water partition coefficient (Wildman–Crippen LogP) is 3.15. The molecular weight excluding hydrogens is 853 g/mol. The molecule has 0 bridgehead atoms. The fourth-order valence-corrected chi connectivity index (χ4v) is 7.28. The van der Waals surface area contributed by atoms with E-state index in [0.29, 0.717) is 30.5 Å². The molecular formula is C48H50N6O12. The molecule has 2 aromatic heterocycles. The van der Waals surface area contributed by atoms with Gasteiger partial charge in [-0.05, 0) is 72.6 Å². The van der Waals surface area contributed by atoms with Gasteiger partial charge in [0.2, 0.25) is 23.6 Å². The Labute approximate surface area is 378 Å². The number of pyridine rings is 2. The van der Waals surface area contributed by atoms with Gasteiger partial charge in [-0.1, -0.05) is 78.9 Å². The van der Waals surface area contributed by atoms with Crippen LogP contribution in [0.2, 0.25) is 0 Å². The van der Waals surface area contributed by atoms with E-state index in [4.69, 9.17) is 5.11 Å². The van der Waals surface area contributed by atoms with Crippen molar-refractivity contribution in [2.45, 2.75) is 82.5 Å². The molecule has 2 heterocycles. The molecule has 1 aliphatic carbocycles. The minimum absolute atomic E-state index is 0.0672. The maximum absolute atomic E-state index is 13.9. The number of anilines is 2. The monoisotopic (exact) mass is 902 g/mol. The highest BCUT2D eigenvalue weighted by Crippen LogP contribution is 2.27. The Morgan fingerprint density at radius 3 is 1.77 bits per heavy atom. The third-order valence-electron chi connectivity index (χ3n) is 10.7. The van der Waals surface area contributed by atoms with Crippen LogP contribution in [0.3, 0.4) is 0 Å². The number of nitrogens with zero attached hydrogens (tertiary/aromatic N) is 2. The van der Waals surface area contributed by atoms with Crippen LogP contribution in [-0.4, -0.2) is 79.6 Å². The number of aryl methyl sites for hydroxylation is 2. The van der Waals surface area contributed by atoms with Crippen LogP contribution in [0.15, 0.2) is 125 Å². The van der Waals surface area contributed by atoms with E-state index < -0.39 is 84.2 Å². The van der Waals surface area contributed by atoms with Crippen LogP contribution in [-0.2, 0) is 64.2 Å². The lowest BCUT2D eigenvalue weighted by Crippen LogP contribution is -2.44. The molecule has 18 heteroatoms. The quantitative estimate of drug-likeness (QED) is 0.0554. The number of hydrogen-bond donors (Lipinski definition) is 6. The highest BCUT2D eigenvalue weighted by Gasteiger charge is 2.28. The van der Waals surface area contributed by atoms with E-state index in [-0.39, 0.29) is 55.5 Å². The van der Waals surface area contributed by atoms with Gasteiger partial charge >= 0.3 is 11.9 Å². The molecule has 5 rings (SSSR count). The topological polar surface area (TPSA) is 269 Å². The number of aliphatic carboxylic acids is 2. The third-order valence-corrected chi connectivity index (χ3v) is 10.7. The molecule has 0 saturated heterocycles. The molecule has 0 fully saturated rings. The van der Waals surface area contributed by atoms with Crippen molar-refractivity contribution in [2.24, 2.45) is 5.92 Å². The Hall–Kier alpha value is -8.02. The summed E-state index contributed by atoms with van der Waals surface area (Å²) in [5.41, 5.74) is 1.17. The number of carbonyl (C=O) groups excluding carboxylic acids is 6. The molecule has 0 saturated carbocycles. The largest absolute Gasteiger partial charge is 0.481 e. The van der Waals surface area contributed by atoms with Crippen molar-refractivity contribution in [3.05, 3.63) is 152 Å². The average Bonchev–Trinajstić information content (AvgIpc) is 3.30. The second-order valence-corrected chi connectivity index (χ2v) is 15.6. The molecule has 0 radical (unpaired) electrons. The SMILES string of the molecule is O=C[C@H](CC(=O)O)NC(=O)Cn1c(CC2C=CC(C[C@@H](C(=O)N[C@H](C=O)CC(=O)O)n3cccc(NC(=O)CCc4ccccc4)c3=O)=CC2)ccc(NC(=O)CCc2ccccc2)c1=O. The number of benzene rings is 2. The number of amides is 4. The van der Waals surface area contributed by atoms with Crippen LogP contribution >= 0.6 is 0 Å². The highest BCUT2D eigenvalue weighted by atomic mass is 16.4. The van der Waals surface area contributed by atoms with E-state index in [1.54, 1.807) is 24.3 Å². The summed E-state index contributed by atoms with van der Waals surface area (Å²) in [6.45, 7) is -0.606. The van der Waals surface area contributed by atoms with Crippen molar-refractivity contribution in [3.63, 3.8) is 0 Å². The summed E-state index contributed by atoms with van der Waals surface area (Å²) in [7, 11) is 0. The van der Waals surface area contributed by atoms with Gasteiger partial charge < -0.3 is 50.2 Å². The molecule has 0 aliphatic heterocycles. The van der Waals surface area contributed by atoms with Crippen LogP contribution in [0.5, 0.6) is 0 Å². The Morgan fingerprint density at radius 1 is 0.682 bits per heavy atom. The van der Waals surface area contributed by atoms with E-state index in [1.165, 1.54) is 24.4 Å². The molecule has 4 atom stereocenters. The second kappa shape index (κ2) is 24.2. The first-order valence-electron chi connectivity index (χ1n) is 21.2. The number of carboxylic acids is 2. The number of aldehydes is 2. The number of carboxylic acid groups (broad SMARTS) is 2. The summed E-state index contributed by atoms with van der Waals surface area (Å²) < 4.78 is 2.24. The Kier molecular flexibility index (Phi) is 17.9. The molecule has 2 aromatic carbocycles. The first-order valence-corrected chi connectivity index (χ1v) is 21.2. The van der Waals surface area contributed by atoms with Crippen LogP contribution in [0, 0.1) is 5.92 Å². The van der Waals surface area contributed by atoms with E-state index in [0.717, 1.165) is 20.3 Å². The van der Waals surface area contributed by atoms with Gasteiger partial charge in [0.1, 0.15) is 36.5 Å².